The zero-order valence-corrected chi connectivity index (χ0v) is 18.1. The molecule has 3 rings (SSSR count). The van der Waals surface area contributed by atoms with Gasteiger partial charge in [-0.05, 0) is 42.7 Å². The molecule has 0 aliphatic heterocycles. The summed E-state index contributed by atoms with van der Waals surface area (Å²) in [5.41, 5.74) is 2.60. The van der Waals surface area contributed by atoms with E-state index >= 15 is 0 Å². The Bertz CT molecular complexity index is 1030. The summed E-state index contributed by atoms with van der Waals surface area (Å²) in [5, 5.41) is 11.6. The van der Waals surface area contributed by atoms with Crippen LogP contribution in [-0.2, 0) is 11.3 Å². The third-order valence-electron chi connectivity index (χ3n) is 4.61. The molecule has 1 amide bonds. The quantitative estimate of drug-likeness (QED) is 0.382. The number of benzene rings is 2. The summed E-state index contributed by atoms with van der Waals surface area (Å²) in [6, 6.07) is 14.1. The Balaban J connectivity index is 1.74. The minimum atomic E-state index is -0.400. The molecular formula is C23H25FN4OS. The minimum absolute atomic E-state index is 0.127. The molecule has 2 aromatic carbocycles. The number of nitrogens with one attached hydrogen (secondary N) is 1. The second-order valence-electron chi connectivity index (χ2n) is 7.24. The van der Waals surface area contributed by atoms with Crippen LogP contribution in [0, 0.1) is 5.82 Å². The third kappa shape index (κ3) is 5.16. The molecule has 1 unspecified atom stereocenters. The zero-order valence-electron chi connectivity index (χ0n) is 17.3. The summed E-state index contributed by atoms with van der Waals surface area (Å²) in [5.74, 6) is 0.505. The van der Waals surface area contributed by atoms with E-state index < -0.39 is 5.25 Å². The fourth-order valence-electron chi connectivity index (χ4n) is 2.92. The van der Waals surface area contributed by atoms with Crippen LogP contribution < -0.4 is 5.32 Å². The van der Waals surface area contributed by atoms with Gasteiger partial charge >= 0.3 is 0 Å². The molecule has 30 heavy (non-hydrogen) atoms. The van der Waals surface area contributed by atoms with Gasteiger partial charge in [0.15, 0.2) is 11.0 Å². The maximum absolute atomic E-state index is 13.6. The number of carbonyl (C=O) groups excluding carboxylic acids is 1. The fraction of sp³-hybridized carbons (Fsp3) is 0.261. The van der Waals surface area contributed by atoms with E-state index in [0.29, 0.717) is 29.0 Å². The molecule has 0 aliphatic carbocycles. The summed E-state index contributed by atoms with van der Waals surface area (Å²) < 4.78 is 15.5. The van der Waals surface area contributed by atoms with Crippen molar-refractivity contribution in [2.75, 3.05) is 5.32 Å². The summed E-state index contributed by atoms with van der Waals surface area (Å²) in [7, 11) is 0. The van der Waals surface area contributed by atoms with E-state index in [-0.39, 0.29) is 11.7 Å². The van der Waals surface area contributed by atoms with E-state index in [1.165, 1.54) is 29.5 Å². The van der Waals surface area contributed by atoms with Crippen molar-refractivity contribution >= 4 is 23.4 Å². The maximum Gasteiger partial charge on any atom is 0.237 e. The van der Waals surface area contributed by atoms with Crippen molar-refractivity contribution < 1.29 is 9.18 Å². The molecule has 1 N–H and O–H groups in total. The number of carbonyl (C=O) groups is 1. The van der Waals surface area contributed by atoms with E-state index in [9.17, 15) is 9.18 Å². The number of anilines is 1. The van der Waals surface area contributed by atoms with Gasteiger partial charge < -0.3 is 5.32 Å². The van der Waals surface area contributed by atoms with Crippen LogP contribution in [0.5, 0.6) is 0 Å². The van der Waals surface area contributed by atoms with Crippen LogP contribution in [-0.4, -0.2) is 25.9 Å². The molecule has 0 spiro atoms. The molecule has 0 aliphatic rings. The van der Waals surface area contributed by atoms with Crippen molar-refractivity contribution in [2.45, 2.75) is 43.6 Å². The van der Waals surface area contributed by atoms with Crippen LogP contribution in [0.15, 0.2) is 66.3 Å². The molecule has 156 valence electrons. The SMILES string of the molecule is C=CCn1c(SC(C)C(=O)Nc2ccc(C(C)C)cc2)nnc1-c1cccc(F)c1. The van der Waals surface area contributed by atoms with Crippen molar-refractivity contribution in [1.29, 1.82) is 0 Å². The summed E-state index contributed by atoms with van der Waals surface area (Å²) in [6.07, 6.45) is 1.72. The lowest BCUT2D eigenvalue weighted by Crippen LogP contribution is -2.23. The van der Waals surface area contributed by atoms with Gasteiger partial charge in [0.05, 0.1) is 5.25 Å². The van der Waals surface area contributed by atoms with Crippen molar-refractivity contribution in [3.8, 4) is 11.4 Å². The number of aromatic nitrogens is 3. The molecule has 0 radical (unpaired) electrons. The summed E-state index contributed by atoms with van der Waals surface area (Å²) >= 11 is 1.30. The third-order valence-corrected chi connectivity index (χ3v) is 5.69. The zero-order chi connectivity index (χ0) is 21.7. The average Bonchev–Trinajstić information content (AvgIpc) is 3.11. The first-order valence-corrected chi connectivity index (χ1v) is 10.6. The van der Waals surface area contributed by atoms with Crippen molar-refractivity contribution in [3.05, 3.63) is 72.6 Å². The summed E-state index contributed by atoms with van der Waals surface area (Å²) in [4.78, 5) is 12.7. The molecule has 5 nitrogen and oxygen atoms in total. The Kier molecular flexibility index (Phi) is 7.05. The first-order valence-electron chi connectivity index (χ1n) is 9.76. The number of halogens is 1. The smallest absolute Gasteiger partial charge is 0.237 e. The van der Waals surface area contributed by atoms with Gasteiger partial charge in [-0.25, -0.2) is 4.39 Å². The van der Waals surface area contributed by atoms with Gasteiger partial charge in [0, 0.05) is 17.8 Å². The average molecular weight is 425 g/mol. The van der Waals surface area contributed by atoms with E-state index in [2.05, 4.69) is 35.9 Å². The van der Waals surface area contributed by atoms with Gasteiger partial charge in [0.25, 0.3) is 0 Å². The van der Waals surface area contributed by atoms with Gasteiger partial charge in [-0.3, -0.25) is 9.36 Å². The largest absolute Gasteiger partial charge is 0.325 e. The number of hydrogen-bond acceptors (Lipinski definition) is 4. The molecular weight excluding hydrogens is 399 g/mol. The highest BCUT2D eigenvalue weighted by molar-refractivity contribution is 8.00. The maximum atomic E-state index is 13.6. The number of allylic oxidation sites excluding steroid dienone is 1. The van der Waals surface area contributed by atoms with E-state index in [4.69, 9.17) is 0 Å². The molecule has 1 heterocycles. The Labute approximate surface area is 180 Å². The second-order valence-corrected chi connectivity index (χ2v) is 8.55. The van der Waals surface area contributed by atoms with Crippen molar-refractivity contribution in [1.82, 2.24) is 14.8 Å². The predicted octanol–water partition coefficient (Wildman–Crippen LogP) is 5.51. The molecule has 0 bridgehead atoms. The molecule has 0 saturated carbocycles. The highest BCUT2D eigenvalue weighted by atomic mass is 32.2. The van der Waals surface area contributed by atoms with Gasteiger partial charge in [0.2, 0.25) is 5.91 Å². The van der Waals surface area contributed by atoms with Crippen LogP contribution in [0.4, 0.5) is 10.1 Å². The highest BCUT2D eigenvalue weighted by Crippen LogP contribution is 2.28. The number of rotatable bonds is 8. The van der Waals surface area contributed by atoms with Crippen LogP contribution in [0.1, 0.15) is 32.3 Å². The Morgan fingerprint density at radius 1 is 1.20 bits per heavy atom. The molecule has 1 atom stereocenters. The first kappa shape index (κ1) is 21.8. The Morgan fingerprint density at radius 2 is 1.93 bits per heavy atom. The molecule has 1 aromatic heterocycles. The van der Waals surface area contributed by atoms with Crippen molar-refractivity contribution in [2.24, 2.45) is 0 Å². The number of nitrogens with zero attached hydrogens (tertiary/aromatic N) is 3. The van der Waals surface area contributed by atoms with E-state index in [0.717, 1.165) is 5.69 Å². The minimum Gasteiger partial charge on any atom is -0.325 e. The topological polar surface area (TPSA) is 59.8 Å². The molecule has 3 aromatic rings. The van der Waals surface area contributed by atoms with Crippen molar-refractivity contribution in [3.63, 3.8) is 0 Å². The van der Waals surface area contributed by atoms with Crippen LogP contribution in [0.3, 0.4) is 0 Å². The fourth-order valence-corrected chi connectivity index (χ4v) is 3.78. The van der Waals surface area contributed by atoms with Crippen LogP contribution in [0.2, 0.25) is 0 Å². The highest BCUT2D eigenvalue weighted by Gasteiger charge is 2.21. The number of amides is 1. The van der Waals surface area contributed by atoms with E-state index in [1.54, 1.807) is 18.2 Å². The molecule has 0 saturated heterocycles. The normalized spacial score (nSPS) is 12.0. The van der Waals surface area contributed by atoms with Crippen LogP contribution in [0.25, 0.3) is 11.4 Å². The van der Waals surface area contributed by atoms with Gasteiger partial charge in [-0.1, -0.05) is 56.0 Å². The number of thioether (sulfide) groups is 1. The molecule has 0 fully saturated rings. The standard InChI is InChI=1S/C23H25FN4OS/c1-5-13-28-21(18-7-6-8-19(24)14-18)26-27-23(28)30-16(4)22(29)25-20-11-9-17(10-12-20)15(2)3/h5-12,14-16H,1,13H2,2-4H3,(H,25,29). The Morgan fingerprint density at radius 3 is 2.57 bits per heavy atom. The van der Waals surface area contributed by atoms with Crippen LogP contribution >= 0.6 is 11.8 Å². The predicted molar refractivity (Wildman–Crippen MR) is 120 cm³/mol. The lowest BCUT2D eigenvalue weighted by molar-refractivity contribution is -0.115. The molecule has 7 heteroatoms. The van der Waals surface area contributed by atoms with Gasteiger partial charge in [-0.15, -0.1) is 16.8 Å². The second kappa shape index (κ2) is 9.71. The number of hydrogen-bond donors (Lipinski definition) is 1. The summed E-state index contributed by atoms with van der Waals surface area (Å²) in [6.45, 7) is 10.3. The lowest BCUT2D eigenvalue weighted by atomic mass is 10.0. The van der Waals surface area contributed by atoms with E-state index in [1.807, 2.05) is 35.8 Å². The van der Waals surface area contributed by atoms with Gasteiger partial charge in [-0.2, -0.15) is 0 Å². The first-order chi connectivity index (χ1) is 14.4. The Hall–Kier alpha value is -2.93. The van der Waals surface area contributed by atoms with Gasteiger partial charge in [0.1, 0.15) is 5.82 Å². The monoisotopic (exact) mass is 424 g/mol. The lowest BCUT2D eigenvalue weighted by Gasteiger charge is -2.13.